The SMILES string of the molecule is NC(=O)c1ccc(C(=O)SSC(=O)c2ccc(C(N)=O)cc2)cc1. The second-order valence-corrected chi connectivity index (χ2v) is 6.70. The first-order valence-electron chi connectivity index (χ1n) is 6.61. The summed E-state index contributed by atoms with van der Waals surface area (Å²) in [6, 6.07) is 11.7. The molecule has 0 spiro atoms. The van der Waals surface area contributed by atoms with E-state index in [-0.39, 0.29) is 10.2 Å². The molecule has 0 heterocycles. The van der Waals surface area contributed by atoms with Crippen LogP contribution in [0.3, 0.4) is 0 Å². The number of nitrogens with two attached hydrogens (primary N) is 2. The Morgan fingerprint density at radius 3 is 1.04 bits per heavy atom. The second-order valence-electron chi connectivity index (χ2n) is 4.62. The van der Waals surface area contributed by atoms with Gasteiger partial charge in [0.05, 0.1) is 0 Å². The number of carbonyl (C=O) groups is 4. The van der Waals surface area contributed by atoms with Gasteiger partial charge in [0.1, 0.15) is 0 Å². The molecule has 2 aromatic carbocycles. The maximum absolute atomic E-state index is 12.0. The van der Waals surface area contributed by atoms with Crippen LogP contribution in [0.1, 0.15) is 41.4 Å². The molecule has 122 valence electrons. The van der Waals surface area contributed by atoms with Crippen molar-refractivity contribution in [3.63, 3.8) is 0 Å². The smallest absolute Gasteiger partial charge is 0.248 e. The van der Waals surface area contributed by atoms with Crippen molar-refractivity contribution in [3.8, 4) is 0 Å². The van der Waals surface area contributed by atoms with Crippen molar-refractivity contribution in [1.82, 2.24) is 0 Å². The Labute approximate surface area is 145 Å². The third kappa shape index (κ3) is 4.46. The third-order valence-corrected chi connectivity index (χ3v) is 5.02. The summed E-state index contributed by atoms with van der Waals surface area (Å²) in [6.07, 6.45) is 0. The van der Waals surface area contributed by atoms with Crippen LogP contribution in [0.25, 0.3) is 0 Å². The molecule has 0 saturated carbocycles. The number of amides is 2. The normalized spacial score (nSPS) is 10.2. The lowest BCUT2D eigenvalue weighted by Gasteiger charge is -2.02. The van der Waals surface area contributed by atoms with Crippen LogP contribution < -0.4 is 11.5 Å². The zero-order valence-corrected chi connectivity index (χ0v) is 13.9. The van der Waals surface area contributed by atoms with Gasteiger partial charge in [-0.25, -0.2) is 0 Å². The van der Waals surface area contributed by atoms with Crippen molar-refractivity contribution >= 4 is 43.6 Å². The Kier molecular flexibility index (Phi) is 5.78. The summed E-state index contributed by atoms with van der Waals surface area (Å²) < 4.78 is 0. The van der Waals surface area contributed by atoms with Crippen LogP contribution in [0.4, 0.5) is 0 Å². The first-order valence-corrected chi connectivity index (χ1v) is 8.76. The Bertz CT molecular complexity index is 732. The highest BCUT2D eigenvalue weighted by Crippen LogP contribution is 2.29. The largest absolute Gasteiger partial charge is 0.366 e. The average molecular weight is 360 g/mol. The molecule has 0 unspecified atom stereocenters. The van der Waals surface area contributed by atoms with Crippen LogP contribution in [-0.2, 0) is 0 Å². The van der Waals surface area contributed by atoms with Crippen LogP contribution in [0.5, 0.6) is 0 Å². The monoisotopic (exact) mass is 360 g/mol. The van der Waals surface area contributed by atoms with Crippen molar-refractivity contribution in [3.05, 3.63) is 70.8 Å². The summed E-state index contributed by atoms with van der Waals surface area (Å²) in [6.45, 7) is 0. The predicted molar refractivity (Wildman–Crippen MR) is 93.8 cm³/mol. The van der Waals surface area contributed by atoms with Crippen molar-refractivity contribution in [2.45, 2.75) is 0 Å². The molecule has 0 aliphatic rings. The van der Waals surface area contributed by atoms with E-state index in [0.717, 1.165) is 21.6 Å². The molecule has 0 fully saturated rings. The fourth-order valence-corrected chi connectivity index (χ4v) is 3.36. The maximum Gasteiger partial charge on any atom is 0.248 e. The van der Waals surface area contributed by atoms with E-state index < -0.39 is 11.8 Å². The van der Waals surface area contributed by atoms with E-state index >= 15 is 0 Å². The quantitative estimate of drug-likeness (QED) is 0.807. The van der Waals surface area contributed by atoms with E-state index in [9.17, 15) is 19.2 Å². The Morgan fingerprint density at radius 1 is 0.542 bits per heavy atom. The van der Waals surface area contributed by atoms with Gasteiger partial charge in [0, 0.05) is 22.3 Å². The predicted octanol–water partition coefficient (Wildman–Crippen LogP) is 2.25. The molecule has 24 heavy (non-hydrogen) atoms. The standard InChI is InChI=1S/C16H12N2O4S2/c17-13(19)9-1-5-11(6-2-9)15(21)23-24-16(22)12-7-3-10(4-8-12)14(18)20/h1-8H,(H2,17,19)(H2,18,20). The molecule has 0 aromatic heterocycles. The van der Waals surface area contributed by atoms with Gasteiger partial charge in [0.2, 0.25) is 22.0 Å². The van der Waals surface area contributed by atoms with Crippen LogP contribution in [0, 0.1) is 0 Å². The van der Waals surface area contributed by atoms with Gasteiger partial charge in [0.15, 0.2) is 0 Å². The first kappa shape index (κ1) is 17.8. The third-order valence-electron chi connectivity index (χ3n) is 3.00. The van der Waals surface area contributed by atoms with E-state index in [4.69, 9.17) is 11.5 Å². The molecular formula is C16H12N2O4S2. The number of hydrogen-bond donors (Lipinski definition) is 2. The fourth-order valence-electron chi connectivity index (χ4n) is 1.71. The summed E-state index contributed by atoms with van der Waals surface area (Å²) >= 11 is 0. The molecule has 0 radical (unpaired) electrons. The van der Waals surface area contributed by atoms with E-state index in [2.05, 4.69) is 0 Å². The minimum atomic E-state index is -0.578. The van der Waals surface area contributed by atoms with Crippen molar-refractivity contribution in [2.24, 2.45) is 11.5 Å². The number of benzene rings is 2. The molecule has 0 atom stereocenters. The molecule has 2 aromatic rings. The second kappa shape index (κ2) is 7.80. The zero-order valence-electron chi connectivity index (χ0n) is 12.2. The Hall–Kier alpha value is -2.58. The summed E-state index contributed by atoms with van der Waals surface area (Å²) in [5.41, 5.74) is 11.6. The Morgan fingerprint density at radius 2 is 0.792 bits per heavy atom. The summed E-state index contributed by atoms with van der Waals surface area (Å²) in [7, 11) is 1.56. The first-order chi connectivity index (χ1) is 11.4. The lowest BCUT2D eigenvalue weighted by atomic mass is 10.1. The Balaban J connectivity index is 1.96. The number of rotatable bonds is 4. The van der Waals surface area contributed by atoms with Crippen molar-refractivity contribution < 1.29 is 19.2 Å². The van der Waals surface area contributed by atoms with Gasteiger partial charge in [-0.2, -0.15) is 0 Å². The van der Waals surface area contributed by atoms with Crippen LogP contribution in [-0.4, -0.2) is 22.0 Å². The molecule has 0 bridgehead atoms. The highest BCUT2D eigenvalue weighted by Gasteiger charge is 2.14. The lowest BCUT2D eigenvalue weighted by Crippen LogP contribution is -2.11. The fraction of sp³-hybridized carbons (Fsp3) is 0. The van der Waals surface area contributed by atoms with Gasteiger partial charge < -0.3 is 11.5 Å². The zero-order chi connectivity index (χ0) is 17.7. The van der Waals surface area contributed by atoms with Crippen LogP contribution in [0.2, 0.25) is 0 Å². The van der Waals surface area contributed by atoms with E-state index in [1.807, 2.05) is 0 Å². The molecule has 6 nitrogen and oxygen atoms in total. The van der Waals surface area contributed by atoms with Gasteiger partial charge in [-0.1, -0.05) is 0 Å². The van der Waals surface area contributed by atoms with Gasteiger partial charge in [-0.3, -0.25) is 19.2 Å². The van der Waals surface area contributed by atoms with Crippen molar-refractivity contribution in [1.29, 1.82) is 0 Å². The minimum absolute atomic E-state index is 0.301. The van der Waals surface area contributed by atoms with E-state index in [1.165, 1.54) is 48.5 Å². The number of hydrogen-bond acceptors (Lipinski definition) is 6. The molecule has 0 aliphatic carbocycles. The molecule has 0 aliphatic heterocycles. The average Bonchev–Trinajstić information content (AvgIpc) is 2.59. The minimum Gasteiger partial charge on any atom is -0.366 e. The molecule has 2 amide bonds. The van der Waals surface area contributed by atoms with Gasteiger partial charge in [-0.15, -0.1) is 0 Å². The maximum atomic E-state index is 12.0. The van der Waals surface area contributed by atoms with Crippen LogP contribution >= 0.6 is 21.6 Å². The summed E-state index contributed by atoms with van der Waals surface area (Å²) in [5, 5.41) is -0.642. The summed E-state index contributed by atoms with van der Waals surface area (Å²) in [5.74, 6) is -1.16. The van der Waals surface area contributed by atoms with E-state index in [1.54, 1.807) is 0 Å². The highest BCUT2D eigenvalue weighted by molar-refractivity contribution is 8.87. The van der Waals surface area contributed by atoms with E-state index in [0.29, 0.717) is 22.3 Å². The van der Waals surface area contributed by atoms with Gasteiger partial charge >= 0.3 is 0 Å². The highest BCUT2D eigenvalue weighted by atomic mass is 33.1. The molecule has 2 rings (SSSR count). The van der Waals surface area contributed by atoms with Crippen LogP contribution in [0.15, 0.2) is 48.5 Å². The van der Waals surface area contributed by atoms with Crippen molar-refractivity contribution in [2.75, 3.05) is 0 Å². The number of primary amides is 2. The molecular weight excluding hydrogens is 348 g/mol. The molecule has 0 saturated heterocycles. The topological polar surface area (TPSA) is 120 Å². The number of carbonyl (C=O) groups excluding carboxylic acids is 4. The van der Waals surface area contributed by atoms with Gasteiger partial charge in [0.25, 0.3) is 0 Å². The molecule has 8 heteroatoms. The molecule has 4 N–H and O–H groups in total. The van der Waals surface area contributed by atoms with Gasteiger partial charge in [-0.05, 0) is 70.1 Å². The lowest BCUT2D eigenvalue weighted by molar-refractivity contribution is 0.0991. The summed E-state index contributed by atoms with van der Waals surface area (Å²) in [4.78, 5) is 46.0.